The molecular formula is C26H44O3. The van der Waals surface area contributed by atoms with Crippen molar-refractivity contribution >= 4 is 0 Å². The maximum Gasteiger partial charge on any atom is 0.163 e. The minimum atomic E-state index is -0.468. The number of rotatable bonds is 13. The van der Waals surface area contributed by atoms with Gasteiger partial charge in [0, 0.05) is 0 Å². The molecule has 1 aliphatic heterocycles. The molecule has 1 aliphatic rings. The fraction of sp³-hybridized carbons (Fsp3) is 0.692. The molecule has 1 saturated heterocycles. The van der Waals surface area contributed by atoms with E-state index in [4.69, 9.17) is 14.2 Å². The van der Waals surface area contributed by atoms with E-state index < -0.39 is 5.79 Å². The third-order valence-corrected chi connectivity index (χ3v) is 5.07. The van der Waals surface area contributed by atoms with E-state index in [-0.39, 0.29) is 6.10 Å². The summed E-state index contributed by atoms with van der Waals surface area (Å²) in [7, 11) is 0. The standard InChI is InChI=1S/C26H44O3/c1-21(2)11-8-12-22(3)13-9-14-23(4)15-10-16-24(5)17-18-27-19-25-20-28-26(6,7)29-25/h11,13,15,17,25H,8-10,12,14,16,18-20H2,1-7H3/b22-13+,23-15+,24-17+/t25-/m1/s1. The highest BCUT2D eigenvalue weighted by Crippen LogP contribution is 2.22. The van der Waals surface area contributed by atoms with Crippen LogP contribution in [0.15, 0.2) is 46.6 Å². The van der Waals surface area contributed by atoms with Crippen LogP contribution in [0.3, 0.4) is 0 Å². The quantitative estimate of drug-likeness (QED) is 0.238. The topological polar surface area (TPSA) is 27.7 Å². The molecule has 0 N–H and O–H groups in total. The molecule has 29 heavy (non-hydrogen) atoms. The highest BCUT2D eigenvalue weighted by molar-refractivity contribution is 5.07. The van der Waals surface area contributed by atoms with Gasteiger partial charge in [-0.2, -0.15) is 0 Å². The number of ether oxygens (including phenoxy) is 3. The number of allylic oxidation sites excluding steroid dienone is 7. The first kappa shape index (κ1) is 25.9. The van der Waals surface area contributed by atoms with Crippen molar-refractivity contribution < 1.29 is 14.2 Å². The molecule has 1 rings (SSSR count). The van der Waals surface area contributed by atoms with Crippen LogP contribution in [0.25, 0.3) is 0 Å². The highest BCUT2D eigenvalue weighted by Gasteiger charge is 2.32. The molecular weight excluding hydrogens is 360 g/mol. The summed E-state index contributed by atoms with van der Waals surface area (Å²) in [5, 5.41) is 0. The molecule has 0 unspecified atom stereocenters. The second-order valence-corrected chi connectivity index (χ2v) is 9.04. The Morgan fingerprint density at radius 3 is 1.83 bits per heavy atom. The van der Waals surface area contributed by atoms with Gasteiger partial charge >= 0.3 is 0 Å². The molecule has 0 amide bonds. The van der Waals surface area contributed by atoms with Gasteiger partial charge in [-0.1, -0.05) is 46.6 Å². The van der Waals surface area contributed by atoms with Crippen molar-refractivity contribution in [2.24, 2.45) is 0 Å². The van der Waals surface area contributed by atoms with Gasteiger partial charge in [-0.15, -0.1) is 0 Å². The summed E-state index contributed by atoms with van der Waals surface area (Å²) >= 11 is 0. The molecule has 1 heterocycles. The van der Waals surface area contributed by atoms with Crippen LogP contribution in [0.1, 0.15) is 87.0 Å². The summed E-state index contributed by atoms with van der Waals surface area (Å²) in [5.74, 6) is -0.468. The van der Waals surface area contributed by atoms with Gasteiger partial charge < -0.3 is 14.2 Å². The van der Waals surface area contributed by atoms with E-state index in [0.717, 1.165) is 32.1 Å². The smallest absolute Gasteiger partial charge is 0.163 e. The van der Waals surface area contributed by atoms with E-state index in [1.807, 2.05) is 13.8 Å². The maximum atomic E-state index is 5.74. The fourth-order valence-corrected chi connectivity index (χ4v) is 3.23. The Hall–Kier alpha value is -1.16. The van der Waals surface area contributed by atoms with Crippen molar-refractivity contribution in [3.8, 4) is 0 Å². The fourth-order valence-electron chi connectivity index (χ4n) is 3.23. The first-order valence-corrected chi connectivity index (χ1v) is 11.2. The summed E-state index contributed by atoms with van der Waals surface area (Å²) in [4.78, 5) is 0. The predicted octanol–water partition coefficient (Wildman–Crippen LogP) is 7.30. The van der Waals surface area contributed by atoms with Gasteiger partial charge in [-0.25, -0.2) is 0 Å². The lowest BCUT2D eigenvalue weighted by molar-refractivity contribution is -0.144. The van der Waals surface area contributed by atoms with Crippen LogP contribution in [-0.4, -0.2) is 31.7 Å². The Balaban J connectivity index is 2.14. The van der Waals surface area contributed by atoms with E-state index in [2.05, 4.69) is 58.9 Å². The minimum absolute atomic E-state index is 0.0502. The van der Waals surface area contributed by atoms with E-state index >= 15 is 0 Å². The molecule has 3 heteroatoms. The Kier molecular flexibility index (Phi) is 12.4. The van der Waals surface area contributed by atoms with E-state index in [9.17, 15) is 0 Å². The van der Waals surface area contributed by atoms with Crippen molar-refractivity contribution in [2.75, 3.05) is 19.8 Å². The number of hydrogen-bond acceptors (Lipinski definition) is 3. The molecule has 0 bridgehead atoms. The van der Waals surface area contributed by atoms with Gasteiger partial charge in [0.1, 0.15) is 6.10 Å². The van der Waals surface area contributed by atoms with Crippen molar-refractivity contribution in [3.63, 3.8) is 0 Å². The van der Waals surface area contributed by atoms with Crippen LogP contribution in [0, 0.1) is 0 Å². The zero-order valence-corrected chi connectivity index (χ0v) is 20.0. The molecule has 0 aromatic heterocycles. The average molecular weight is 405 g/mol. The Morgan fingerprint density at radius 1 is 0.828 bits per heavy atom. The first-order valence-electron chi connectivity index (χ1n) is 11.2. The van der Waals surface area contributed by atoms with Crippen LogP contribution < -0.4 is 0 Å². The maximum absolute atomic E-state index is 5.74. The zero-order chi connectivity index (χ0) is 21.7. The zero-order valence-electron chi connectivity index (χ0n) is 20.0. The second-order valence-electron chi connectivity index (χ2n) is 9.04. The van der Waals surface area contributed by atoms with Crippen molar-refractivity contribution in [2.45, 2.75) is 98.9 Å². The molecule has 3 nitrogen and oxygen atoms in total. The summed E-state index contributed by atoms with van der Waals surface area (Å²) in [6.45, 7) is 16.7. The normalized spacial score (nSPS) is 20.2. The highest BCUT2D eigenvalue weighted by atomic mass is 16.7. The number of hydrogen-bond donors (Lipinski definition) is 0. The van der Waals surface area contributed by atoms with Crippen LogP contribution >= 0.6 is 0 Å². The largest absolute Gasteiger partial charge is 0.375 e. The molecule has 0 aliphatic carbocycles. The first-order chi connectivity index (χ1) is 13.7. The monoisotopic (exact) mass is 404 g/mol. The van der Waals surface area contributed by atoms with Crippen molar-refractivity contribution in [1.29, 1.82) is 0 Å². The third kappa shape index (κ3) is 13.6. The Labute approximate surface area is 179 Å². The van der Waals surface area contributed by atoms with Crippen LogP contribution in [0.5, 0.6) is 0 Å². The van der Waals surface area contributed by atoms with Gasteiger partial charge in [0.2, 0.25) is 0 Å². The average Bonchev–Trinajstić information content (AvgIpc) is 2.97. The van der Waals surface area contributed by atoms with Crippen LogP contribution in [-0.2, 0) is 14.2 Å². The summed E-state index contributed by atoms with van der Waals surface area (Å²) in [6, 6.07) is 0. The predicted molar refractivity (Wildman–Crippen MR) is 124 cm³/mol. The van der Waals surface area contributed by atoms with E-state index in [0.29, 0.717) is 19.8 Å². The van der Waals surface area contributed by atoms with Gasteiger partial charge in [-0.3, -0.25) is 0 Å². The molecule has 0 radical (unpaired) electrons. The van der Waals surface area contributed by atoms with Crippen LogP contribution in [0.4, 0.5) is 0 Å². The Bertz CT molecular complexity index is 589. The SMILES string of the molecule is CC(C)=CCC/C(C)=C/CC/C(C)=C/CC/C(C)=C/COC[C@@H]1COC(C)(C)O1. The van der Waals surface area contributed by atoms with E-state index in [1.54, 1.807) is 0 Å². The molecule has 0 aromatic rings. The molecule has 0 saturated carbocycles. The summed E-state index contributed by atoms with van der Waals surface area (Å²) in [6.07, 6.45) is 16.2. The third-order valence-electron chi connectivity index (χ3n) is 5.07. The molecule has 1 atom stereocenters. The van der Waals surface area contributed by atoms with Crippen molar-refractivity contribution in [1.82, 2.24) is 0 Å². The van der Waals surface area contributed by atoms with Gasteiger partial charge in [-0.05, 0) is 87.0 Å². The van der Waals surface area contributed by atoms with Crippen LogP contribution in [0.2, 0.25) is 0 Å². The molecule has 1 fully saturated rings. The lowest BCUT2D eigenvalue weighted by atomic mass is 10.0. The minimum Gasteiger partial charge on any atom is -0.375 e. The molecule has 166 valence electrons. The lowest BCUT2D eigenvalue weighted by Crippen LogP contribution is -2.24. The molecule has 0 aromatic carbocycles. The van der Waals surface area contributed by atoms with Gasteiger partial charge in [0.25, 0.3) is 0 Å². The van der Waals surface area contributed by atoms with Gasteiger partial charge in [0.05, 0.1) is 19.8 Å². The second kappa shape index (κ2) is 14.0. The summed E-state index contributed by atoms with van der Waals surface area (Å²) in [5.41, 5.74) is 5.79. The van der Waals surface area contributed by atoms with Gasteiger partial charge in [0.15, 0.2) is 5.79 Å². The summed E-state index contributed by atoms with van der Waals surface area (Å²) < 4.78 is 17.0. The van der Waals surface area contributed by atoms with E-state index in [1.165, 1.54) is 28.7 Å². The lowest BCUT2D eigenvalue weighted by Gasteiger charge is -2.16. The Morgan fingerprint density at radius 2 is 1.34 bits per heavy atom. The molecule has 0 spiro atoms. The van der Waals surface area contributed by atoms with Crippen molar-refractivity contribution in [3.05, 3.63) is 46.6 Å².